The third-order valence-electron chi connectivity index (χ3n) is 9.14. The van der Waals surface area contributed by atoms with Gasteiger partial charge in [0.1, 0.15) is 5.60 Å². The highest BCUT2D eigenvalue weighted by Gasteiger charge is 2.50. The number of allylic oxidation sites excluding steroid dienone is 6. The van der Waals surface area contributed by atoms with Crippen LogP contribution in [0.1, 0.15) is 79.1 Å². The van der Waals surface area contributed by atoms with Crippen molar-refractivity contribution < 1.29 is 20.4 Å². The van der Waals surface area contributed by atoms with Crippen molar-refractivity contribution in [3.8, 4) is 0 Å². The van der Waals surface area contributed by atoms with Gasteiger partial charge in [0, 0.05) is 6.42 Å². The van der Waals surface area contributed by atoms with Crippen LogP contribution < -0.4 is 0 Å². The zero-order chi connectivity index (χ0) is 25.1. The second kappa shape index (κ2) is 11.1. The van der Waals surface area contributed by atoms with Crippen LogP contribution >= 0.6 is 0 Å². The highest BCUT2D eigenvalue weighted by Crippen LogP contribution is 2.59. The molecule has 8 atom stereocenters. The normalized spacial score (nSPS) is 38.5. The van der Waals surface area contributed by atoms with Gasteiger partial charge in [-0.05, 0) is 86.2 Å². The molecule has 3 rings (SSSR count). The van der Waals surface area contributed by atoms with E-state index in [1.54, 1.807) is 13.0 Å². The summed E-state index contributed by atoms with van der Waals surface area (Å²) in [6, 6.07) is 0. The molecule has 3 aliphatic carbocycles. The molecule has 3 aliphatic rings. The fourth-order valence-electron chi connectivity index (χ4n) is 6.76. The third kappa shape index (κ3) is 5.67. The van der Waals surface area contributed by atoms with Gasteiger partial charge in [0.25, 0.3) is 0 Å². The molecule has 0 amide bonds. The maximum atomic E-state index is 10.5. The van der Waals surface area contributed by atoms with E-state index in [9.17, 15) is 20.4 Å². The van der Waals surface area contributed by atoms with Crippen molar-refractivity contribution in [3.63, 3.8) is 0 Å². The SMILES string of the molecule is C=C1/C(=C\C=C2/CCC[C@]3(C)[C@@H]([C@H](C)/C=C/C=C/[C@@](O)(CC)[C@@H](C)O)CC[C@@H]23)C[C@@H](O)C[C@@H]1O. The lowest BCUT2D eigenvalue weighted by atomic mass is 9.61. The van der Waals surface area contributed by atoms with Gasteiger partial charge in [-0.15, -0.1) is 0 Å². The predicted molar refractivity (Wildman–Crippen MR) is 139 cm³/mol. The minimum atomic E-state index is -1.18. The number of aliphatic hydroxyl groups is 4. The zero-order valence-electron chi connectivity index (χ0n) is 21.6. The van der Waals surface area contributed by atoms with Crippen molar-refractivity contribution >= 4 is 0 Å². The molecule has 0 aliphatic heterocycles. The molecule has 0 aromatic carbocycles. The van der Waals surface area contributed by atoms with Crippen LogP contribution in [0.5, 0.6) is 0 Å². The van der Waals surface area contributed by atoms with Crippen LogP contribution in [0, 0.1) is 23.2 Å². The lowest BCUT2D eigenvalue weighted by Gasteiger charge is -2.44. The molecule has 4 nitrogen and oxygen atoms in total. The molecule has 34 heavy (non-hydrogen) atoms. The van der Waals surface area contributed by atoms with Gasteiger partial charge in [0.05, 0.1) is 18.3 Å². The molecule has 0 saturated heterocycles. The first-order valence-electron chi connectivity index (χ1n) is 13.2. The van der Waals surface area contributed by atoms with Crippen LogP contribution in [0.25, 0.3) is 0 Å². The largest absolute Gasteiger partial charge is 0.393 e. The van der Waals surface area contributed by atoms with Crippen LogP contribution in [0.4, 0.5) is 0 Å². The lowest BCUT2D eigenvalue weighted by molar-refractivity contribution is -0.0314. The second-order valence-electron chi connectivity index (χ2n) is 11.3. The molecular formula is C30H46O4. The average molecular weight is 471 g/mol. The highest BCUT2D eigenvalue weighted by molar-refractivity contribution is 5.38. The number of fused-ring (bicyclic) bond motifs is 1. The second-order valence-corrected chi connectivity index (χ2v) is 11.3. The van der Waals surface area contributed by atoms with Crippen molar-refractivity contribution in [1.29, 1.82) is 0 Å². The van der Waals surface area contributed by atoms with Crippen LogP contribution in [-0.2, 0) is 0 Å². The first-order valence-corrected chi connectivity index (χ1v) is 13.2. The van der Waals surface area contributed by atoms with E-state index in [4.69, 9.17) is 0 Å². The van der Waals surface area contributed by atoms with E-state index in [2.05, 4.69) is 38.7 Å². The van der Waals surface area contributed by atoms with Crippen molar-refractivity contribution in [2.75, 3.05) is 0 Å². The summed E-state index contributed by atoms with van der Waals surface area (Å²) in [4.78, 5) is 0. The number of hydrogen-bond donors (Lipinski definition) is 4. The fraction of sp³-hybridized carbons (Fsp3) is 0.667. The van der Waals surface area contributed by atoms with Crippen LogP contribution in [0.15, 0.2) is 59.8 Å². The molecule has 0 bridgehead atoms. The topological polar surface area (TPSA) is 80.9 Å². The van der Waals surface area contributed by atoms with Gasteiger partial charge in [-0.1, -0.05) is 69.4 Å². The number of aliphatic hydroxyl groups excluding tert-OH is 3. The molecule has 4 N–H and O–H groups in total. The summed E-state index contributed by atoms with van der Waals surface area (Å²) in [6.07, 6.45) is 17.7. The van der Waals surface area contributed by atoms with E-state index >= 15 is 0 Å². The van der Waals surface area contributed by atoms with Crippen LogP contribution in [-0.4, -0.2) is 44.3 Å². The Morgan fingerprint density at radius 3 is 2.59 bits per heavy atom. The number of hydrogen-bond acceptors (Lipinski definition) is 4. The average Bonchev–Trinajstić information content (AvgIpc) is 3.15. The zero-order valence-corrected chi connectivity index (χ0v) is 21.6. The van der Waals surface area contributed by atoms with Gasteiger partial charge in [-0.25, -0.2) is 0 Å². The molecule has 0 aromatic rings. The van der Waals surface area contributed by atoms with Crippen molar-refractivity contribution in [2.45, 2.75) is 103 Å². The van der Waals surface area contributed by atoms with Crippen LogP contribution in [0.3, 0.4) is 0 Å². The van der Waals surface area contributed by atoms with E-state index in [-0.39, 0.29) is 5.41 Å². The minimum absolute atomic E-state index is 0.266. The molecule has 0 aromatic heterocycles. The van der Waals surface area contributed by atoms with Crippen molar-refractivity contribution in [3.05, 3.63) is 59.8 Å². The monoisotopic (exact) mass is 470 g/mol. The van der Waals surface area contributed by atoms with Crippen molar-refractivity contribution in [1.82, 2.24) is 0 Å². The summed E-state index contributed by atoms with van der Waals surface area (Å²) in [6.45, 7) is 12.3. The summed E-state index contributed by atoms with van der Waals surface area (Å²) >= 11 is 0. The summed E-state index contributed by atoms with van der Waals surface area (Å²) in [5.41, 5.74) is 2.33. The van der Waals surface area contributed by atoms with E-state index in [0.29, 0.717) is 37.0 Å². The maximum Gasteiger partial charge on any atom is 0.108 e. The van der Waals surface area contributed by atoms with Crippen LogP contribution in [0.2, 0.25) is 0 Å². The Morgan fingerprint density at radius 2 is 1.91 bits per heavy atom. The van der Waals surface area contributed by atoms with E-state index in [1.165, 1.54) is 31.3 Å². The summed E-state index contributed by atoms with van der Waals surface area (Å²) in [5, 5.41) is 40.5. The molecule has 0 spiro atoms. The highest BCUT2D eigenvalue weighted by atomic mass is 16.3. The van der Waals surface area contributed by atoms with Gasteiger partial charge < -0.3 is 20.4 Å². The first-order chi connectivity index (χ1) is 16.0. The van der Waals surface area contributed by atoms with Crippen molar-refractivity contribution in [2.24, 2.45) is 23.2 Å². The lowest BCUT2D eigenvalue weighted by Crippen LogP contribution is -2.37. The molecule has 0 unspecified atom stereocenters. The Kier molecular flexibility index (Phi) is 8.84. The summed E-state index contributed by atoms with van der Waals surface area (Å²) in [7, 11) is 0. The Balaban J connectivity index is 1.72. The predicted octanol–water partition coefficient (Wildman–Crippen LogP) is 5.40. The molecule has 4 heteroatoms. The van der Waals surface area contributed by atoms with Gasteiger partial charge in [-0.3, -0.25) is 0 Å². The van der Waals surface area contributed by atoms with Gasteiger partial charge in [0.2, 0.25) is 0 Å². The van der Waals surface area contributed by atoms with E-state index in [1.807, 2.05) is 19.1 Å². The Morgan fingerprint density at radius 1 is 1.18 bits per heavy atom. The fourth-order valence-corrected chi connectivity index (χ4v) is 6.76. The van der Waals surface area contributed by atoms with Gasteiger partial charge >= 0.3 is 0 Å². The summed E-state index contributed by atoms with van der Waals surface area (Å²) in [5.74, 6) is 1.61. The Hall–Kier alpha value is -1.46. The minimum Gasteiger partial charge on any atom is -0.393 e. The third-order valence-corrected chi connectivity index (χ3v) is 9.14. The molecule has 0 heterocycles. The molecule has 190 valence electrons. The molecular weight excluding hydrogens is 424 g/mol. The maximum absolute atomic E-state index is 10.5. The standard InChI is InChI=1S/C30H46O4/c1-6-30(34,22(4)31)17-8-7-10-20(2)26-14-15-27-23(11-9-16-29(26,27)5)12-13-24-18-25(32)19-28(33)21(24)3/h7-8,10,12-13,17,20,22,25-28,31-34H,3,6,9,11,14-16,18-19H2,1-2,4-5H3/b10-7+,17-8+,23-12+,24-13-/t20-,22-,25-,26-,27+,28+,29-,30+/m1/s1. The Labute approximate surface area is 206 Å². The Bertz CT molecular complexity index is 850. The van der Waals surface area contributed by atoms with E-state index < -0.39 is 23.9 Å². The molecule has 3 fully saturated rings. The first kappa shape index (κ1) is 27.1. The van der Waals surface area contributed by atoms with Gasteiger partial charge in [-0.2, -0.15) is 0 Å². The summed E-state index contributed by atoms with van der Waals surface area (Å²) < 4.78 is 0. The van der Waals surface area contributed by atoms with Gasteiger partial charge in [0.15, 0.2) is 0 Å². The smallest absolute Gasteiger partial charge is 0.108 e. The number of rotatable bonds is 7. The molecule has 0 radical (unpaired) electrons. The van der Waals surface area contributed by atoms with E-state index in [0.717, 1.165) is 17.6 Å². The quantitative estimate of drug-likeness (QED) is 0.376. The molecule has 3 saturated carbocycles.